The number of ether oxygens (including phenoxy) is 1. The summed E-state index contributed by atoms with van der Waals surface area (Å²) in [6.07, 6.45) is 2.57. The van der Waals surface area contributed by atoms with E-state index in [-0.39, 0.29) is 11.5 Å². The van der Waals surface area contributed by atoms with Gasteiger partial charge in [0, 0.05) is 10.4 Å². The fourth-order valence-corrected chi connectivity index (χ4v) is 6.14. The van der Waals surface area contributed by atoms with Crippen molar-refractivity contribution in [1.29, 1.82) is 0 Å². The van der Waals surface area contributed by atoms with Gasteiger partial charge in [-0.15, -0.1) is 0 Å². The van der Waals surface area contributed by atoms with E-state index in [1.165, 1.54) is 10.2 Å². The summed E-state index contributed by atoms with van der Waals surface area (Å²) in [7, 11) is 0. The normalized spacial score (nSPS) is 12.4. The Morgan fingerprint density at radius 1 is 1.14 bits per heavy atom. The first-order chi connectivity index (χ1) is 16.8. The minimum Gasteiger partial charge on any atom is -0.487 e. The molecule has 1 aromatic heterocycles. The molecule has 0 spiro atoms. The molecule has 3 aromatic carbocycles. The van der Waals surface area contributed by atoms with Crippen LogP contribution in [0, 0.1) is 14.1 Å². The molecule has 0 aliphatic heterocycles. The minimum absolute atomic E-state index is 0.0885. The van der Waals surface area contributed by atoms with E-state index < -0.39 is 0 Å². The van der Waals surface area contributed by atoms with Crippen LogP contribution in [0.2, 0.25) is 0 Å². The highest BCUT2D eigenvalue weighted by atomic mass is 127. The Kier molecular flexibility index (Phi) is 8.64. The first kappa shape index (κ1) is 26.3. The SMILES string of the molecule is CC[C@H](C)c1nc2ccc(Br)cc2c(=O)n1N=Cc1cc(I)c(OCc2cccc(C)c2)c(I)c1. The molecule has 0 unspecified atom stereocenters. The zero-order valence-electron chi connectivity index (χ0n) is 19.6. The summed E-state index contributed by atoms with van der Waals surface area (Å²) in [4.78, 5) is 18.1. The summed E-state index contributed by atoms with van der Waals surface area (Å²) >= 11 is 8.02. The third kappa shape index (κ3) is 6.14. The summed E-state index contributed by atoms with van der Waals surface area (Å²) in [6, 6.07) is 17.9. The number of aryl methyl sites for hydroxylation is 1. The van der Waals surface area contributed by atoms with Crippen molar-refractivity contribution in [3.63, 3.8) is 0 Å². The standard InChI is InChI=1S/C27H24BrI2N3O2/c1-4-17(3)26-32-24-9-8-20(28)13-21(24)27(34)33(26)31-14-19-11-22(29)25(23(30)12-19)35-15-18-7-5-6-16(2)10-18/h5-14,17H,4,15H2,1-3H3/t17-/m0/s1. The molecule has 0 bridgehead atoms. The Balaban J connectivity index is 1.67. The van der Waals surface area contributed by atoms with Crippen LogP contribution in [-0.4, -0.2) is 15.9 Å². The fourth-order valence-electron chi connectivity index (χ4n) is 3.65. The molecular weight excluding hydrogens is 732 g/mol. The Labute approximate surface area is 240 Å². The second kappa shape index (κ2) is 11.5. The molecule has 1 atom stereocenters. The highest BCUT2D eigenvalue weighted by Gasteiger charge is 2.16. The van der Waals surface area contributed by atoms with Gasteiger partial charge in [-0.05, 0) is 100.0 Å². The van der Waals surface area contributed by atoms with Crippen LogP contribution in [0.25, 0.3) is 10.9 Å². The van der Waals surface area contributed by atoms with Gasteiger partial charge in [-0.3, -0.25) is 4.79 Å². The zero-order chi connectivity index (χ0) is 25.1. The average molecular weight is 756 g/mol. The van der Waals surface area contributed by atoms with E-state index in [1.54, 1.807) is 12.3 Å². The molecule has 8 heteroatoms. The van der Waals surface area contributed by atoms with Crippen molar-refractivity contribution in [2.24, 2.45) is 5.10 Å². The van der Waals surface area contributed by atoms with Crippen LogP contribution in [0.1, 0.15) is 48.7 Å². The van der Waals surface area contributed by atoms with Crippen molar-refractivity contribution in [3.8, 4) is 5.75 Å². The van der Waals surface area contributed by atoms with Gasteiger partial charge in [0.25, 0.3) is 5.56 Å². The third-order valence-electron chi connectivity index (χ3n) is 5.70. The number of fused-ring (bicyclic) bond motifs is 1. The fraction of sp³-hybridized carbons (Fsp3) is 0.222. The van der Waals surface area contributed by atoms with Crippen LogP contribution >= 0.6 is 61.1 Å². The Morgan fingerprint density at radius 2 is 1.89 bits per heavy atom. The van der Waals surface area contributed by atoms with Crippen LogP contribution in [0.3, 0.4) is 0 Å². The van der Waals surface area contributed by atoms with Crippen LogP contribution in [0.4, 0.5) is 0 Å². The van der Waals surface area contributed by atoms with E-state index >= 15 is 0 Å². The molecule has 0 saturated heterocycles. The van der Waals surface area contributed by atoms with E-state index in [0.717, 1.165) is 34.9 Å². The van der Waals surface area contributed by atoms with E-state index in [9.17, 15) is 4.79 Å². The average Bonchev–Trinajstić information content (AvgIpc) is 2.82. The van der Waals surface area contributed by atoms with Crippen molar-refractivity contribution >= 4 is 78.2 Å². The van der Waals surface area contributed by atoms with Crippen LogP contribution < -0.4 is 10.3 Å². The largest absolute Gasteiger partial charge is 0.487 e. The van der Waals surface area contributed by atoms with Crippen molar-refractivity contribution < 1.29 is 4.74 Å². The number of benzene rings is 3. The molecule has 4 rings (SSSR count). The predicted octanol–water partition coefficient (Wildman–Crippen LogP) is 7.65. The lowest BCUT2D eigenvalue weighted by atomic mass is 10.1. The van der Waals surface area contributed by atoms with Crippen LogP contribution in [0.15, 0.2) is 69.0 Å². The summed E-state index contributed by atoms with van der Waals surface area (Å²) in [6.45, 7) is 6.72. The lowest BCUT2D eigenvalue weighted by molar-refractivity contribution is 0.301. The molecule has 0 aliphatic rings. The smallest absolute Gasteiger partial charge is 0.282 e. The molecule has 35 heavy (non-hydrogen) atoms. The second-order valence-corrected chi connectivity index (χ2v) is 11.6. The highest BCUT2D eigenvalue weighted by Crippen LogP contribution is 2.29. The number of halogens is 3. The quantitative estimate of drug-likeness (QED) is 0.144. The first-order valence-corrected chi connectivity index (χ1v) is 14.2. The first-order valence-electron chi connectivity index (χ1n) is 11.2. The highest BCUT2D eigenvalue weighted by molar-refractivity contribution is 14.1. The van der Waals surface area contributed by atoms with E-state index in [2.05, 4.69) is 105 Å². The zero-order valence-corrected chi connectivity index (χ0v) is 25.5. The molecular formula is C27H24BrI2N3O2. The molecule has 4 aromatic rings. The maximum Gasteiger partial charge on any atom is 0.282 e. The molecule has 0 saturated carbocycles. The van der Waals surface area contributed by atoms with Gasteiger partial charge in [-0.1, -0.05) is 59.6 Å². The minimum atomic E-state index is -0.176. The monoisotopic (exact) mass is 755 g/mol. The van der Waals surface area contributed by atoms with E-state index in [1.807, 2.05) is 30.3 Å². The number of nitrogens with zero attached hydrogens (tertiary/aromatic N) is 3. The summed E-state index contributed by atoms with van der Waals surface area (Å²) in [5.74, 6) is 1.59. The van der Waals surface area contributed by atoms with Gasteiger partial charge in [0.2, 0.25) is 0 Å². The predicted molar refractivity (Wildman–Crippen MR) is 163 cm³/mol. The number of hydrogen-bond acceptors (Lipinski definition) is 4. The summed E-state index contributed by atoms with van der Waals surface area (Å²) in [5, 5.41) is 5.13. The molecule has 0 aliphatic carbocycles. The molecule has 1 heterocycles. The van der Waals surface area contributed by atoms with Gasteiger partial charge in [0.1, 0.15) is 18.2 Å². The van der Waals surface area contributed by atoms with Gasteiger partial charge in [0.15, 0.2) is 0 Å². The molecule has 5 nitrogen and oxygen atoms in total. The Bertz CT molecular complexity index is 1460. The maximum absolute atomic E-state index is 13.3. The Morgan fingerprint density at radius 3 is 2.57 bits per heavy atom. The third-order valence-corrected chi connectivity index (χ3v) is 7.79. The van der Waals surface area contributed by atoms with Gasteiger partial charge in [-0.25, -0.2) is 4.98 Å². The number of hydrogen-bond donors (Lipinski definition) is 0. The maximum atomic E-state index is 13.3. The van der Waals surface area contributed by atoms with Crippen molar-refractivity contribution in [2.45, 2.75) is 39.7 Å². The molecule has 0 N–H and O–H groups in total. The van der Waals surface area contributed by atoms with Crippen molar-refractivity contribution in [2.75, 3.05) is 0 Å². The Hall–Kier alpha value is -1.79. The number of rotatable bonds is 7. The van der Waals surface area contributed by atoms with Crippen LogP contribution in [-0.2, 0) is 6.61 Å². The van der Waals surface area contributed by atoms with E-state index in [0.29, 0.717) is 23.3 Å². The number of aromatic nitrogens is 2. The van der Waals surface area contributed by atoms with Crippen molar-refractivity contribution in [3.05, 3.63) is 99.1 Å². The molecule has 0 fully saturated rings. The lowest BCUT2D eigenvalue weighted by Crippen LogP contribution is -2.23. The van der Waals surface area contributed by atoms with Crippen molar-refractivity contribution in [1.82, 2.24) is 9.66 Å². The summed E-state index contributed by atoms with van der Waals surface area (Å²) < 4.78 is 10.4. The molecule has 0 radical (unpaired) electrons. The molecule has 0 amide bonds. The van der Waals surface area contributed by atoms with Gasteiger partial charge >= 0.3 is 0 Å². The summed E-state index contributed by atoms with van der Waals surface area (Å²) in [5.41, 5.74) is 3.74. The lowest BCUT2D eigenvalue weighted by Gasteiger charge is -2.14. The second-order valence-electron chi connectivity index (χ2n) is 8.39. The molecule has 180 valence electrons. The van der Waals surface area contributed by atoms with Gasteiger partial charge < -0.3 is 4.74 Å². The topological polar surface area (TPSA) is 56.5 Å². The van der Waals surface area contributed by atoms with E-state index in [4.69, 9.17) is 9.72 Å². The van der Waals surface area contributed by atoms with Gasteiger partial charge in [0.05, 0.1) is 24.3 Å². The van der Waals surface area contributed by atoms with Crippen LogP contribution in [0.5, 0.6) is 5.75 Å². The van der Waals surface area contributed by atoms with Gasteiger partial charge in [-0.2, -0.15) is 9.78 Å².